The van der Waals surface area contributed by atoms with E-state index in [2.05, 4.69) is 15.2 Å². The number of carbonyl (C=O) groups excluding carboxylic acids is 1. The van der Waals surface area contributed by atoms with Gasteiger partial charge >= 0.3 is 6.09 Å². The lowest BCUT2D eigenvalue weighted by Gasteiger charge is -2.22. The van der Waals surface area contributed by atoms with Gasteiger partial charge in [0.2, 0.25) is 0 Å². The molecule has 1 fully saturated rings. The maximum absolute atomic E-state index is 12.2. The van der Waals surface area contributed by atoms with Crippen LogP contribution in [0.4, 0.5) is 4.79 Å². The fraction of sp³-hybridized carbons (Fsp3) is 0.357. The van der Waals surface area contributed by atoms with Crippen molar-refractivity contribution < 1.29 is 9.53 Å². The van der Waals surface area contributed by atoms with Crippen molar-refractivity contribution in [2.45, 2.75) is 25.5 Å². The second-order valence-corrected chi connectivity index (χ2v) is 4.76. The molecule has 0 unspecified atom stereocenters. The van der Waals surface area contributed by atoms with Gasteiger partial charge in [-0.05, 0) is 18.4 Å². The van der Waals surface area contributed by atoms with Crippen molar-refractivity contribution in [3.8, 4) is 0 Å². The van der Waals surface area contributed by atoms with E-state index >= 15 is 0 Å². The Morgan fingerprint density at radius 2 is 2.25 bits per heavy atom. The van der Waals surface area contributed by atoms with Crippen LogP contribution in [0.25, 0.3) is 0 Å². The molecule has 0 aliphatic carbocycles. The third-order valence-corrected chi connectivity index (χ3v) is 3.44. The molecule has 2 aromatic rings. The molecule has 0 saturated carbocycles. The summed E-state index contributed by atoms with van der Waals surface area (Å²) < 4.78 is 5.37. The minimum Gasteiger partial charge on any atom is -0.445 e. The summed E-state index contributed by atoms with van der Waals surface area (Å²) in [4.78, 5) is 18.0. The Morgan fingerprint density at radius 1 is 1.40 bits per heavy atom. The SMILES string of the molecule is O=C(OCc1ccccc1)N1CCC[C@H]1c1ncn[nH]1. The number of H-pyrrole nitrogens is 1. The highest BCUT2D eigenvalue weighted by Gasteiger charge is 2.32. The van der Waals surface area contributed by atoms with Crippen LogP contribution in [0.1, 0.15) is 30.3 Å². The molecular formula is C14H16N4O2. The molecule has 1 N–H and O–H groups in total. The molecule has 6 heteroatoms. The van der Waals surface area contributed by atoms with Crippen LogP contribution in [0.15, 0.2) is 36.7 Å². The van der Waals surface area contributed by atoms with Gasteiger partial charge < -0.3 is 4.74 Å². The first kappa shape index (κ1) is 12.7. The van der Waals surface area contributed by atoms with Crippen LogP contribution in [0.5, 0.6) is 0 Å². The van der Waals surface area contributed by atoms with Gasteiger partial charge in [0.1, 0.15) is 18.8 Å². The van der Waals surface area contributed by atoms with E-state index in [-0.39, 0.29) is 12.1 Å². The Hall–Kier alpha value is -2.37. The minimum absolute atomic E-state index is 0.0548. The largest absolute Gasteiger partial charge is 0.445 e. The predicted molar refractivity (Wildman–Crippen MR) is 71.7 cm³/mol. The van der Waals surface area contributed by atoms with Gasteiger partial charge in [0.05, 0.1) is 6.04 Å². The lowest BCUT2D eigenvalue weighted by molar-refractivity contribution is 0.0909. The molecule has 3 rings (SSSR count). The van der Waals surface area contributed by atoms with Gasteiger partial charge in [-0.25, -0.2) is 9.78 Å². The van der Waals surface area contributed by atoms with Gasteiger partial charge in [-0.1, -0.05) is 30.3 Å². The van der Waals surface area contributed by atoms with Gasteiger partial charge in [0.15, 0.2) is 0 Å². The van der Waals surface area contributed by atoms with E-state index in [9.17, 15) is 4.79 Å². The summed E-state index contributed by atoms with van der Waals surface area (Å²) in [5.74, 6) is 0.721. The van der Waals surface area contributed by atoms with Crippen LogP contribution in [0.2, 0.25) is 0 Å². The topological polar surface area (TPSA) is 71.1 Å². The summed E-state index contributed by atoms with van der Waals surface area (Å²) in [7, 11) is 0. The minimum atomic E-state index is -0.298. The normalized spacial score (nSPS) is 18.2. The van der Waals surface area contributed by atoms with Gasteiger partial charge in [0, 0.05) is 6.54 Å². The van der Waals surface area contributed by atoms with Gasteiger partial charge in [-0.3, -0.25) is 10.00 Å². The Kier molecular flexibility index (Phi) is 3.62. The molecule has 20 heavy (non-hydrogen) atoms. The van der Waals surface area contributed by atoms with E-state index in [4.69, 9.17) is 4.74 Å². The second kappa shape index (κ2) is 5.73. The fourth-order valence-electron chi connectivity index (χ4n) is 2.45. The van der Waals surface area contributed by atoms with Crippen LogP contribution < -0.4 is 0 Å². The quantitative estimate of drug-likeness (QED) is 0.930. The Bertz CT molecular complexity index is 556. The third kappa shape index (κ3) is 2.64. The predicted octanol–water partition coefficient (Wildman–Crippen LogP) is 2.28. The number of benzene rings is 1. The summed E-state index contributed by atoms with van der Waals surface area (Å²) >= 11 is 0. The third-order valence-electron chi connectivity index (χ3n) is 3.44. The number of hydrogen-bond donors (Lipinski definition) is 1. The van der Waals surface area contributed by atoms with Gasteiger partial charge in [0.25, 0.3) is 0 Å². The number of rotatable bonds is 3. The number of aromatic amines is 1. The molecule has 1 aliphatic rings. The van der Waals surface area contributed by atoms with Crippen molar-refractivity contribution in [2.75, 3.05) is 6.54 Å². The standard InChI is InChI=1S/C14H16N4O2/c19-14(20-9-11-5-2-1-3-6-11)18-8-4-7-12(18)13-15-10-16-17-13/h1-3,5-6,10,12H,4,7-9H2,(H,15,16,17)/t12-/m0/s1. The van der Waals surface area contributed by atoms with Crippen LogP contribution in [0, 0.1) is 0 Å². The second-order valence-electron chi connectivity index (χ2n) is 4.76. The highest BCUT2D eigenvalue weighted by molar-refractivity contribution is 5.68. The molecule has 1 aromatic carbocycles. The molecule has 0 bridgehead atoms. The smallest absolute Gasteiger partial charge is 0.410 e. The first-order valence-electron chi connectivity index (χ1n) is 6.67. The van der Waals surface area contributed by atoms with E-state index in [1.165, 1.54) is 6.33 Å². The number of carbonyl (C=O) groups is 1. The molecule has 2 heterocycles. The molecule has 1 atom stereocenters. The molecule has 0 spiro atoms. The van der Waals surface area contributed by atoms with Crippen molar-refractivity contribution in [3.05, 3.63) is 48.0 Å². The maximum atomic E-state index is 12.2. The van der Waals surface area contributed by atoms with Crippen molar-refractivity contribution in [3.63, 3.8) is 0 Å². The van der Waals surface area contributed by atoms with Crippen molar-refractivity contribution >= 4 is 6.09 Å². The van der Waals surface area contributed by atoms with E-state index < -0.39 is 0 Å². The lowest BCUT2D eigenvalue weighted by Crippen LogP contribution is -2.31. The fourth-order valence-corrected chi connectivity index (χ4v) is 2.45. The van der Waals surface area contributed by atoms with Crippen LogP contribution in [-0.2, 0) is 11.3 Å². The summed E-state index contributed by atoms with van der Waals surface area (Å²) in [5.41, 5.74) is 0.983. The van der Waals surface area contributed by atoms with E-state index in [0.29, 0.717) is 13.2 Å². The summed E-state index contributed by atoms with van der Waals surface area (Å²) in [5, 5.41) is 6.67. The Labute approximate surface area is 116 Å². The van der Waals surface area contributed by atoms with Crippen LogP contribution >= 0.6 is 0 Å². The number of nitrogens with one attached hydrogen (secondary N) is 1. The monoisotopic (exact) mass is 272 g/mol. The van der Waals surface area contributed by atoms with Crippen LogP contribution in [0.3, 0.4) is 0 Å². The Balaban J connectivity index is 1.62. The van der Waals surface area contributed by atoms with Gasteiger partial charge in [-0.2, -0.15) is 5.10 Å². The molecule has 1 saturated heterocycles. The highest BCUT2D eigenvalue weighted by atomic mass is 16.6. The maximum Gasteiger partial charge on any atom is 0.410 e. The summed E-state index contributed by atoms with van der Waals surface area (Å²) in [6, 6.07) is 9.61. The molecule has 6 nitrogen and oxygen atoms in total. The average Bonchev–Trinajstić information content (AvgIpc) is 3.15. The molecular weight excluding hydrogens is 256 g/mol. The highest BCUT2D eigenvalue weighted by Crippen LogP contribution is 2.30. The van der Waals surface area contributed by atoms with Crippen molar-refractivity contribution in [1.29, 1.82) is 0 Å². The lowest BCUT2D eigenvalue weighted by atomic mass is 10.2. The van der Waals surface area contributed by atoms with Gasteiger partial charge in [-0.15, -0.1) is 0 Å². The number of hydrogen-bond acceptors (Lipinski definition) is 4. The zero-order valence-corrected chi connectivity index (χ0v) is 11.0. The van der Waals surface area contributed by atoms with Crippen molar-refractivity contribution in [2.24, 2.45) is 0 Å². The number of ether oxygens (including phenoxy) is 1. The number of likely N-dealkylation sites (tertiary alicyclic amines) is 1. The molecule has 104 valence electrons. The van der Waals surface area contributed by atoms with Crippen LogP contribution in [-0.4, -0.2) is 32.7 Å². The number of amides is 1. The van der Waals surface area contributed by atoms with E-state index in [1.807, 2.05) is 30.3 Å². The molecule has 1 amide bonds. The first-order chi connectivity index (χ1) is 9.84. The molecule has 1 aliphatic heterocycles. The zero-order valence-electron chi connectivity index (χ0n) is 11.0. The number of nitrogens with zero attached hydrogens (tertiary/aromatic N) is 3. The summed E-state index contributed by atoms with van der Waals surface area (Å²) in [6.45, 7) is 0.984. The number of aromatic nitrogens is 3. The van der Waals surface area contributed by atoms with Crippen molar-refractivity contribution in [1.82, 2.24) is 20.1 Å². The first-order valence-corrected chi connectivity index (χ1v) is 6.67. The van der Waals surface area contributed by atoms with E-state index in [1.54, 1.807) is 4.90 Å². The van der Waals surface area contributed by atoms with E-state index in [0.717, 1.165) is 24.2 Å². The molecule has 1 aromatic heterocycles. The Morgan fingerprint density at radius 3 is 3.00 bits per heavy atom. The summed E-state index contributed by atoms with van der Waals surface area (Å²) in [6.07, 6.45) is 3.00. The molecule has 0 radical (unpaired) electrons. The zero-order chi connectivity index (χ0) is 13.8. The average molecular weight is 272 g/mol.